The minimum absolute atomic E-state index is 0.191. The molecule has 148 valence electrons. The number of benzene rings is 1. The first-order valence-electron chi connectivity index (χ1n) is 9.88. The molecule has 4 saturated carbocycles. The quantitative estimate of drug-likeness (QED) is 0.673. The molecular weight excluding hydrogens is 357 g/mol. The van der Waals surface area contributed by atoms with Crippen LogP contribution in [0.5, 0.6) is 0 Å². The number of ether oxygens (including phenoxy) is 1. The molecule has 6 heteroatoms. The van der Waals surface area contributed by atoms with E-state index in [1.54, 1.807) is 0 Å². The fourth-order valence-corrected chi connectivity index (χ4v) is 6.61. The van der Waals surface area contributed by atoms with Crippen molar-refractivity contribution < 1.29 is 27.7 Å². The van der Waals surface area contributed by atoms with E-state index in [-0.39, 0.29) is 11.8 Å². The molecule has 1 atom stereocenters. The van der Waals surface area contributed by atoms with Gasteiger partial charge in [0, 0.05) is 5.56 Å². The molecule has 5 aliphatic rings. The maximum atomic E-state index is 13.1. The highest BCUT2D eigenvalue weighted by Gasteiger charge is 2.77. The number of hydrogen-bond donors (Lipinski definition) is 0. The SMILES string of the molecule is Cc1cc(C)cc(C2(OCC(F)(F)F)OOC23C2CC4CC(C2)CC3C4)c1. The molecule has 4 aliphatic carbocycles. The van der Waals surface area contributed by atoms with Gasteiger partial charge in [0.25, 0.3) is 5.79 Å². The van der Waals surface area contributed by atoms with E-state index in [9.17, 15) is 13.2 Å². The first kappa shape index (κ1) is 18.0. The predicted molar refractivity (Wildman–Crippen MR) is 91.5 cm³/mol. The lowest BCUT2D eigenvalue weighted by Crippen LogP contribution is -2.77. The molecule has 0 N–H and O–H groups in total. The van der Waals surface area contributed by atoms with Gasteiger partial charge in [-0.25, -0.2) is 4.89 Å². The predicted octanol–water partition coefficient (Wildman–Crippen LogP) is 5.19. The molecule has 5 fully saturated rings. The second-order valence-corrected chi connectivity index (χ2v) is 9.16. The fourth-order valence-electron chi connectivity index (χ4n) is 6.61. The van der Waals surface area contributed by atoms with E-state index >= 15 is 0 Å². The molecule has 1 spiro atoms. The van der Waals surface area contributed by atoms with Crippen molar-refractivity contribution in [3.05, 3.63) is 34.9 Å². The summed E-state index contributed by atoms with van der Waals surface area (Å²) in [5.41, 5.74) is 1.82. The summed E-state index contributed by atoms with van der Waals surface area (Å²) >= 11 is 0. The summed E-state index contributed by atoms with van der Waals surface area (Å²) in [6.45, 7) is 2.55. The lowest BCUT2D eigenvalue weighted by Gasteiger charge is -2.69. The van der Waals surface area contributed by atoms with Gasteiger partial charge >= 0.3 is 6.18 Å². The van der Waals surface area contributed by atoms with Gasteiger partial charge in [0.2, 0.25) is 0 Å². The lowest BCUT2D eigenvalue weighted by atomic mass is 9.47. The molecule has 6 rings (SSSR count). The average Bonchev–Trinajstić information content (AvgIpc) is 2.51. The van der Waals surface area contributed by atoms with Gasteiger partial charge in [-0.1, -0.05) is 29.3 Å². The van der Waals surface area contributed by atoms with Gasteiger partial charge in [0.05, 0.1) is 0 Å². The van der Waals surface area contributed by atoms with Gasteiger partial charge in [0.1, 0.15) is 6.61 Å². The van der Waals surface area contributed by atoms with Gasteiger partial charge < -0.3 is 4.74 Å². The standard InChI is InChI=1S/C21H25F3O3/c1-12-3-13(2)5-18(4-12)21(25-11-19(22,23)24)20(26-27-21)16-7-14-6-15(9-16)10-17(20)8-14/h3-5,14-17H,6-11H2,1-2H3. The number of aryl methyl sites for hydroxylation is 2. The molecule has 1 unspecified atom stereocenters. The number of alkyl halides is 3. The molecule has 1 heterocycles. The van der Waals surface area contributed by atoms with Gasteiger partial charge in [-0.3, -0.25) is 0 Å². The Bertz CT molecular complexity index is 711. The maximum Gasteiger partial charge on any atom is 0.411 e. The third-order valence-electron chi connectivity index (χ3n) is 7.20. The molecule has 1 saturated heterocycles. The van der Waals surface area contributed by atoms with Crippen molar-refractivity contribution in [3.8, 4) is 0 Å². The van der Waals surface area contributed by atoms with Crippen LogP contribution < -0.4 is 0 Å². The second kappa shape index (κ2) is 5.71. The number of halogens is 3. The van der Waals surface area contributed by atoms with Gasteiger partial charge in [-0.2, -0.15) is 18.1 Å². The summed E-state index contributed by atoms with van der Waals surface area (Å²) in [4.78, 5) is 11.4. The Morgan fingerprint density at radius 3 is 1.93 bits per heavy atom. The number of hydrogen-bond acceptors (Lipinski definition) is 3. The minimum Gasteiger partial charge on any atom is -0.332 e. The zero-order valence-corrected chi connectivity index (χ0v) is 15.6. The van der Waals surface area contributed by atoms with Crippen LogP contribution in [0.15, 0.2) is 18.2 Å². The summed E-state index contributed by atoms with van der Waals surface area (Å²) in [6, 6.07) is 5.78. The number of rotatable bonds is 3. The van der Waals surface area contributed by atoms with Crippen molar-refractivity contribution in [3.63, 3.8) is 0 Å². The topological polar surface area (TPSA) is 27.7 Å². The Balaban J connectivity index is 1.60. The van der Waals surface area contributed by atoms with E-state index in [0.29, 0.717) is 17.4 Å². The van der Waals surface area contributed by atoms with Crippen molar-refractivity contribution >= 4 is 0 Å². The average molecular weight is 382 g/mol. The molecular formula is C21H25F3O3. The Morgan fingerprint density at radius 2 is 1.48 bits per heavy atom. The Kier molecular flexibility index (Phi) is 3.79. The van der Waals surface area contributed by atoms with Gasteiger partial charge in [-0.05, 0) is 69.6 Å². The van der Waals surface area contributed by atoms with Crippen molar-refractivity contribution in [2.45, 2.75) is 63.5 Å². The molecule has 1 aliphatic heterocycles. The van der Waals surface area contributed by atoms with E-state index < -0.39 is 24.2 Å². The van der Waals surface area contributed by atoms with E-state index in [1.165, 1.54) is 6.42 Å². The Labute approximate surface area is 157 Å². The lowest BCUT2D eigenvalue weighted by molar-refractivity contribution is -0.650. The van der Waals surface area contributed by atoms with Crippen LogP contribution in [0.3, 0.4) is 0 Å². The molecule has 0 amide bonds. The highest BCUT2D eigenvalue weighted by molar-refractivity contribution is 5.36. The van der Waals surface area contributed by atoms with Crippen LogP contribution in [0.2, 0.25) is 0 Å². The third kappa shape index (κ3) is 2.52. The highest BCUT2D eigenvalue weighted by atomic mass is 19.4. The summed E-state index contributed by atoms with van der Waals surface area (Å²) in [6.07, 6.45) is 0.828. The van der Waals surface area contributed by atoms with Crippen molar-refractivity contribution in [1.29, 1.82) is 0 Å². The molecule has 0 radical (unpaired) electrons. The zero-order valence-electron chi connectivity index (χ0n) is 15.6. The van der Waals surface area contributed by atoms with Crippen LogP contribution in [-0.4, -0.2) is 18.4 Å². The van der Waals surface area contributed by atoms with E-state index in [2.05, 4.69) is 0 Å². The third-order valence-corrected chi connectivity index (χ3v) is 7.20. The Morgan fingerprint density at radius 1 is 0.926 bits per heavy atom. The van der Waals surface area contributed by atoms with Crippen LogP contribution in [-0.2, 0) is 20.3 Å². The highest BCUT2D eigenvalue weighted by Crippen LogP contribution is 2.69. The van der Waals surface area contributed by atoms with E-state index in [0.717, 1.165) is 36.8 Å². The van der Waals surface area contributed by atoms with Gasteiger partial charge in [-0.15, -0.1) is 0 Å². The first-order chi connectivity index (χ1) is 12.7. The maximum absolute atomic E-state index is 13.1. The van der Waals surface area contributed by atoms with Crippen molar-refractivity contribution in [2.75, 3.05) is 6.61 Å². The zero-order chi connectivity index (χ0) is 19.0. The molecule has 4 bridgehead atoms. The molecule has 0 aromatic heterocycles. The van der Waals surface area contributed by atoms with Crippen molar-refractivity contribution in [2.24, 2.45) is 23.7 Å². The summed E-state index contributed by atoms with van der Waals surface area (Å²) in [5, 5.41) is 0. The molecule has 3 nitrogen and oxygen atoms in total. The monoisotopic (exact) mass is 382 g/mol. The van der Waals surface area contributed by atoms with Crippen LogP contribution in [0.25, 0.3) is 0 Å². The smallest absolute Gasteiger partial charge is 0.332 e. The largest absolute Gasteiger partial charge is 0.411 e. The van der Waals surface area contributed by atoms with E-state index in [4.69, 9.17) is 14.5 Å². The van der Waals surface area contributed by atoms with Gasteiger partial charge in [0.15, 0.2) is 5.60 Å². The fraction of sp³-hybridized carbons (Fsp3) is 0.714. The second-order valence-electron chi connectivity index (χ2n) is 9.16. The van der Waals surface area contributed by atoms with Crippen LogP contribution in [0, 0.1) is 37.5 Å². The van der Waals surface area contributed by atoms with Crippen LogP contribution in [0.1, 0.15) is 48.8 Å². The van der Waals surface area contributed by atoms with Crippen LogP contribution in [0.4, 0.5) is 13.2 Å². The van der Waals surface area contributed by atoms with E-state index in [1.807, 2.05) is 32.0 Å². The minimum atomic E-state index is -4.42. The normalized spacial score (nSPS) is 42.6. The summed E-state index contributed by atoms with van der Waals surface area (Å²) < 4.78 is 45.0. The molecule has 1 aromatic rings. The first-order valence-corrected chi connectivity index (χ1v) is 9.88. The summed E-state index contributed by atoms with van der Waals surface area (Å²) in [5.74, 6) is 0.249. The molecule has 27 heavy (non-hydrogen) atoms. The van der Waals surface area contributed by atoms with Crippen molar-refractivity contribution in [1.82, 2.24) is 0 Å². The summed E-state index contributed by atoms with van der Waals surface area (Å²) in [7, 11) is 0. The van der Waals surface area contributed by atoms with Crippen LogP contribution >= 0.6 is 0 Å². The molecule has 1 aromatic carbocycles. The Hall–Kier alpha value is -1.11.